The molecule has 0 spiro atoms. The number of anilines is 2. The van der Waals surface area contributed by atoms with Crippen molar-refractivity contribution in [1.82, 2.24) is 4.90 Å². The Morgan fingerprint density at radius 2 is 1.67 bits per heavy atom. The third-order valence-electron chi connectivity index (χ3n) is 4.79. The molecule has 0 bridgehead atoms. The average molecular weight is 367 g/mol. The Kier molecular flexibility index (Phi) is 6.08. The molecule has 2 amide bonds. The minimum absolute atomic E-state index is 0.0535. The number of rotatable bonds is 6. The van der Waals surface area contributed by atoms with E-state index in [2.05, 4.69) is 15.5 Å². The Bertz CT molecular complexity index is 816. The standard InChI is InChI=1S/C21H25N3O3/c1-15(24-11-3-4-12-24)20(25)22-17-8-5-7-16(13-17)21(26)23-18-9-6-10-19(14-18)27-2/h5-10,13-15H,3-4,11-12H2,1-2H3,(H,22,25)(H,23,26). The third-order valence-corrected chi connectivity index (χ3v) is 4.79. The zero-order valence-corrected chi connectivity index (χ0v) is 15.7. The Labute approximate surface area is 159 Å². The van der Waals surface area contributed by atoms with E-state index in [9.17, 15) is 9.59 Å². The van der Waals surface area contributed by atoms with Crippen molar-refractivity contribution < 1.29 is 14.3 Å². The van der Waals surface area contributed by atoms with Crippen molar-refractivity contribution in [1.29, 1.82) is 0 Å². The molecule has 0 saturated carbocycles. The Morgan fingerprint density at radius 1 is 1.00 bits per heavy atom. The van der Waals surface area contributed by atoms with Crippen molar-refractivity contribution in [3.05, 3.63) is 54.1 Å². The number of amides is 2. The second-order valence-electron chi connectivity index (χ2n) is 6.68. The van der Waals surface area contributed by atoms with Gasteiger partial charge in [-0.2, -0.15) is 0 Å². The third kappa shape index (κ3) is 4.86. The van der Waals surface area contributed by atoms with E-state index in [0.29, 0.717) is 22.7 Å². The fraction of sp³-hybridized carbons (Fsp3) is 0.333. The van der Waals surface area contributed by atoms with Crippen molar-refractivity contribution in [2.45, 2.75) is 25.8 Å². The number of likely N-dealkylation sites (tertiary alicyclic amines) is 1. The first kappa shape index (κ1) is 18.9. The van der Waals surface area contributed by atoms with Gasteiger partial charge in [-0.1, -0.05) is 12.1 Å². The first-order chi connectivity index (χ1) is 13.1. The summed E-state index contributed by atoms with van der Waals surface area (Å²) in [5.41, 5.74) is 1.74. The molecule has 6 heteroatoms. The summed E-state index contributed by atoms with van der Waals surface area (Å²) in [4.78, 5) is 27.2. The quantitative estimate of drug-likeness (QED) is 0.821. The number of carbonyl (C=O) groups is 2. The largest absolute Gasteiger partial charge is 0.497 e. The van der Waals surface area contributed by atoms with E-state index in [0.717, 1.165) is 25.9 Å². The first-order valence-electron chi connectivity index (χ1n) is 9.17. The number of ether oxygens (including phenoxy) is 1. The zero-order valence-electron chi connectivity index (χ0n) is 15.7. The molecule has 1 unspecified atom stereocenters. The molecule has 1 heterocycles. The SMILES string of the molecule is COc1cccc(NC(=O)c2cccc(NC(=O)C(C)N3CCCC3)c2)c1. The Balaban J connectivity index is 1.65. The number of nitrogens with one attached hydrogen (secondary N) is 2. The van der Waals surface area contributed by atoms with E-state index in [-0.39, 0.29) is 17.9 Å². The molecule has 2 aromatic carbocycles. The fourth-order valence-electron chi connectivity index (χ4n) is 3.18. The molecule has 1 aliphatic heterocycles. The molecular formula is C21H25N3O3. The molecule has 0 aliphatic carbocycles. The number of carbonyl (C=O) groups excluding carboxylic acids is 2. The molecule has 1 fully saturated rings. The van der Waals surface area contributed by atoms with E-state index in [1.165, 1.54) is 0 Å². The van der Waals surface area contributed by atoms with Crippen LogP contribution in [0.15, 0.2) is 48.5 Å². The highest BCUT2D eigenvalue weighted by molar-refractivity contribution is 6.05. The van der Waals surface area contributed by atoms with Crippen LogP contribution in [0.5, 0.6) is 5.75 Å². The van der Waals surface area contributed by atoms with Crippen LogP contribution in [0.1, 0.15) is 30.1 Å². The second-order valence-corrected chi connectivity index (χ2v) is 6.68. The van der Waals surface area contributed by atoms with Crippen molar-refractivity contribution in [2.24, 2.45) is 0 Å². The van der Waals surface area contributed by atoms with E-state index >= 15 is 0 Å². The van der Waals surface area contributed by atoms with Gasteiger partial charge in [-0.3, -0.25) is 14.5 Å². The van der Waals surface area contributed by atoms with Crippen LogP contribution in [0.25, 0.3) is 0 Å². The number of nitrogens with zero attached hydrogens (tertiary/aromatic N) is 1. The predicted molar refractivity (Wildman–Crippen MR) is 106 cm³/mol. The lowest BCUT2D eigenvalue weighted by Crippen LogP contribution is -2.40. The summed E-state index contributed by atoms with van der Waals surface area (Å²) in [7, 11) is 1.58. The smallest absolute Gasteiger partial charge is 0.255 e. The number of hydrogen-bond acceptors (Lipinski definition) is 4. The van der Waals surface area contributed by atoms with Crippen LogP contribution >= 0.6 is 0 Å². The van der Waals surface area contributed by atoms with Gasteiger partial charge in [0.05, 0.1) is 13.2 Å². The van der Waals surface area contributed by atoms with E-state index in [1.807, 2.05) is 19.1 Å². The normalized spacial score (nSPS) is 15.2. The molecule has 3 rings (SSSR count). The van der Waals surface area contributed by atoms with Crippen LogP contribution in [0, 0.1) is 0 Å². The number of hydrogen-bond donors (Lipinski definition) is 2. The summed E-state index contributed by atoms with van der Waals surface area (Å²) in [5.74, 6) is 0.374. The first-order valence-corrected chi connectivity index (χ1v) is 9.17. The molecule has 27 heavy (non-hydrogen) atoms. The molecule has 0 radical (unpaired) electrons. The highest BCUT2D eigenvalue weighted by atomic mass is 16.5. The summed E-state index contributed by atoms with van der Waals surface area (Å²) in [5, 5.41) is 5.76. The van der Waals surface area contributed by atoms with Gasteiger partial charge in [-0.25, -0.2) is 0 Å². The molecule has 1 atom stereocenters. The lowest BCUT2D eigenvalue weighted by atomic mass is 10.1. The van der Waals surface area contributed by atoms with Crippen molar-refractivity contribution in [3.63, 3.8) is 0 Å². The van der Waals surface area contributed by atoms with Gasteiger partial charge in [0.1, 0.15) is 5.75 Å². The minimum Gasteiger partial charge on any atom is -0.497 e. The molecule has 1 aliphatic rings. The van der Waals surface area contributed by atoms with Crippen molar-refractivity contribution >= 4 is 23.2 Å². The van der Waals surface area contributed by atoms with E-state index in [4.69, 9.17) is 4.74 Å². The molecular weight excluding hydrogens is 342 g/mol. The molecule has 2 N–H and O–H groups in total. The molecule has 1 saturated heterocycles. The zero-order chi connectivity index (χ0) is 19.2. The van der Waals surface area contributed by atoms with Crippen LogP contribution in [-0.4, -0.2) is 43.0 Å². The maximum absolute atomic E-state index is 12.5. The van der Waals surface area contributed by atoms with Crippen molar-refractivity contribution in [2.75, 3.05) is 30.8 Å². The van der Waals surface area contributed by atoms with Gasteiger partial charge in [0.2, 0.25) is 5.91 Å². The number of methoxy groups -OCH3 is 1. The van der Waals surface area contributed by atoms with Crippen LogP contribution in [0.3, 0.4) is 0 Å². The number of benzene rings is 2. The van der Waals surface area contributed by atoms with Gasteiger partial charge in [-0.05, 0) is 63.2 Å². The summed E-state index contributed by atoms with van der Waals surface area (Å²) < 4.78 is 5.17. The van der Waals surface area contributed by atoms with E-state index < -0.39 is 0 Å². The molecule has 0 aromatic heterocycles. The van der Waals surface area contributed by atoms with Gasteiger partial charge in [0.15, 0.2) is 0 Å². The maximum Gasteiger partial charge on any atom is 0.255 e. The summed E-state index contributed by atoms with van der Waals surface area (Å²) in [6, 6.07) is 13.9. The monoisotopic (exact) mass is 367 g/mol. The highest BCUT2D eigenvalue weighted by Gasteiger charge is 2.24. The molecule has 6 nitrogen and oxygen atoms in total. The van der Waals surface area contributed by atoms with Gasteiger partial charge >= 0.3 is 0 Å². The maximum atomic E-state index is 12.5. The lowest BCUT2D eigenvalue weighted by Gasteiger charge is -2.22. The van der Waals surface area contributed by atoms with Crippen molar-refractivity contribution in [3.8, 4) is 5.75 Å². The molecule has 142 valence electrons. The second kappa shape index (κ2) is 8.68. The fourth-order valence-corrected chi connectivity index (χ4v) is 3.18. The highest BCUT2D eigenvalue weighted by Crippen LogP contribution is 2.19. The summed E-state index contributed by atoms with van der Waals surface area (Å²) in [6.45, 7) is 3.83. The lowest BCUT2D eigenvalue weighted by molar-refractivity contribution is -0.120. The van der Waals surface area contributed by atoms with E-state index in [1.54, 1.807) is 43.5 Å². The van der Waals surface area contributed by atoms with Gasteiger partial charge in [0.25, 0.3) is 5.91 Å². The Hall–Kier alpha value is -2.86. The topological polar surface area (TPSA) is 70.7 Å². The van der Waals surface area contributed by atoms with Gasteiger partial charge in [0, 0.05) is 23.0 Å². The summed E-state index contributed by atoms with van der Waals surface area (Å²) in [6.07, 6.45) is 2.27. The van der Waals surface area contributed by atoms with Crippen LogP contribution in [-0.2, 0) is 4.79 Å². The van der Waals surface area contributed by atoms with Crippen LogP contribution in [0.4, 0.5) is 11.4 Å². The van der Waals surface area contributed by atoms with Gasteiger partial charge < -0.3 is 15.4 Å². The van der Waals surface area contributed by atoms with Crippen LogP contribution in [0.2, 0.25) is 0 Å². The van der Waals surface area contributed by atoms with Crippen LogP contribution < -0.4 is 15.4 Å². The molecule has 2 aromatic rings. The summed E-state index contributed by atoms with van der Waals surface area (Å²) >= 11 is 0. The predicted octanol–water partition coefficient (Wildman–Crippen LogP) is 3.37. The Morgan fingerprint density at radius 3 is 2.37 bits per heavy atom. The minimum atomic E-state index is -0.244. The average Bonchev–Trinajstić information content (AvgIpc) is 3.22. The van der Waals surface area contributed by atoms with Gasteiger partial charge in [-0.15, -0.1) is 0 Å².